The Balaban J connectivity index is 2.00. The van der Waals surface area contributed by atoms with Crippen LogP contribution in [0.4, 0.5) is 0 Å². The summed E-state index contributed by atoms with van der Waals surface area (Å²) in [4.78, 5) is 8.75. The number of benzene rings is 2. The van der Waals surface area contributed by atoms with E-state index in [2.05, 4.69) is 51.5 Å². The van der Waals surface area contributed by atoms with Crippen LogP contribution in [0.3, 0.4) is 0 Å². The highest BCUT2D eigenvalue weighted by Gasteiger charge is 2.15. The van der Waals surface area contributed by atoms with E-state index in [-0.39, 0.29) is 22.3 Å². The molecule has 28 heavy (non-hydrogen) atoms. The van der Waals surface area contributed by atoms with Crippen LogP contribution in [0.25, 0.3) is 0 Å². The highest BCUT2D eigenvalue weighted by Crippen LogP contribution is 2.27. The third-order valence-corrected chi connectivity index (χ3v) is 4.61. The van der Waals surface area contributed by atoms with Crippen LogP contribution in [0, 0.1) is 0 Å². The molecule has 0 bridgehead atoms. The summed E-state index contributed by atoms with van der Waals surface area (Å²) < 4.78 is 0. The van der Waals surface area contributed by atoms with E-state index in [0.29, 0.717) is 24.2 Å². The lowest BCUT2D eigenvalue weighted by molar-refractivity contribution is 0.472. The van der Waals surface area contributed by atoms with Crippen LogP contribution in [0.5, 0.6) is 11.5 Å². The van der Waals surface area contributed by atoms with Crippen molar-refractivity contribution in [3.63, 3.8) is 0 Å². The van der Waals surface area contributed by atoms with Crippen molar-refractivity contribution in [3.05, 3.63) is 58.7 Å². The fourth-order valence-electron chi connectivity index (χ4n) is 2.69. The summed E-state index contributed by atoms with van der Waals surface area (Å²) in [6.45, 7) is 13.8. The van der Waals surface area contributed by atoms with Gasteiger partial charge in [-0.2, -0.15) is 0 Å². The van der Waals surface area contributed by atoms with E-state index < -0.39 is 0 Å². The highest BCUT2D eigenvalue weighted by atomic mass is 16.3. The zero-order valence-electron chi connectivity index (χ0n) is 17.8. The maximum Gasteiger partial charge on any atom is 0.124 e. The Morgan fingerprint density at radius 3 is 1.36 bits per heavy atom. The molecule has 2 aromatic rings. The summed E-state index contributed by atoms with van der Waals surface area (Å²) in [6, 6.07) is 11.2. The standard InChI is InChI=1S/C24H32N2O2/c1-23(2,3)19-7-9-21(27)17(13-19)15-25-11-12-26-16-18-14-20(24(4,5)6)8-10-22(18)28/h7-10,13-16,27-28H,11-12H2,1-6H3/b25-15+,26-16+. The molecule has 0 unspecified atom stereocenters. The van der Waals surface area contributed by atoms with Crippen LogP contribution in [0.1, 0.15) is 63.8 Å². The summed E-state index contributed by atoms with van der Waals surface area (Å²) >= 11 is 0. The van der Waals surface area contributed by atoms with Crippen molar-refractivity contribution in [3.8, 4) is 11.5 Å². The predicted molar refractivity (Wildman–Crippen MR) is 119 cm³/mol. The molecule has 0 atom stereocenters. The van der Waals surface area contributed by atoms with Crippen molar-refractivity contribution in [1.82, 2.24) is 0 Å². The second-order valence-electron chi connectivity index (χ2n) is 9.12. The monoisotopic (exact) mass is 380 g/mol. The van der Waals surface area contributed by atoms with Gasteiger partial charge in [-0.15, -0.1) is 0 Å². The maximum atomic E-state index is 10.0. The molecule has 150 valence electrons. The molecule has 4 nitrogen and oxygen atoms in total. The molecule has 2 rings (SSSR count). The van der Waals surface area contributed by atoms with Crippen LogP contribution >= 0.6 is 0 Å². The third kappa shape index (κ3) is 5.95. The van der Waals surface area contributed by atoms with Crippen molar-refractivity contribution in [1.29, 1.82) is 0 Å². The Labute approximate surface area is 168 Å². The van der Waals surface area contributed by atoms with Crippen LogP contribution in [-0.4, -0.2) is 35.7 Å². The topological polar surface area (TPSA) is 65.2 Å². The Morgan fingerprint density at radius 2 is 1.04 bits per heavy atom. The second-order valence-corrected chi connectivity index (χ2v) is 9.12. The lowest BCUT2D eigenvalue weighted by Crippen LogP contribution is -2.11. The Bertz CT molecular complexity index is 796. The van der Waals surface area contributed by atoms with Crippen LogP contribution in [0.2, 0.25) is 0 Å². The van der Waals surface area contributed by atoms with E-state index >= 15 is 0 Å². The summed E-state index contributed by atoms with van der Waals surface area (Å²) in [5.74, 6) is 0.452. The summed E-state index contributed by atoms with van der Waals surface area (Å²) in [5, 5.41) is 20.1. The lowest BCUT2D eigenvalue weighted by Gasteiger charge is -2.19. The molecule has 2 aromatic carbocycles. The van der Waals surface area contributed by atoms with Crippen molar-refractivity contribution in [2.24, 2.45) is 9.98 Å². The van der Waals surface area contributed by atoms with E-state index in [1.165, 1.54) is 0 Å². The van der Waals surface area contributed by atoms with Gasteiger partial charge in [0.2, 0.25) is 0 Å². The number of aromatic hydroxyl groups is 2. The third-order valence-electron chi connectivity index (χ3n) is 4.61. The van der Waals surface area contributed by atoms with E-state index in [1.54, 1.807) is 24.6 Å². The van der Waals surface area contributed by atoms with Crippen molar-refractivity contribution < 1.29 is 10.2 Å². The molecule has 0 aliphatic rings. The van der Waals surface area contributed by atoms with E-state index in [9.17, 15) is 10.2 Å². The minimum Gasteiger partial charge on any atom is -0.507 e. The van der Waals surface area contributed by atoms with Gasteiger partial charge >= 0.3 is 0 Å². The molecule has 4 heteroatoms. The number of nitrogens with zero attached hydrogens (tertiary/aromatic N) is 2. The molecule has 0 saturated carbocycles. The number of rotatable bonds is 5. The summed E-state index contributed by atoms with van der Waals surface area (Å²) in [5.41, 5.74) is 3.77. The van der Waals surface area contributed by atoms with E-state index in [0.717, 1.165) is 11.1 Å². The number of phenols is 2. The minimum absolute atomic E-state index is 0.0180. The number of phenolic OH excluding ortho intramolecular Hbond substituents is 2. The molecule has 0 aliphatic heterocycles. The molecular weight excluding hydrogens is 348 g/mol. The van der Waals surface area contributed by atoms with Crippen molar-refractivity contribution >= 4 is 12.4 Å². The Kier molecular flexibility index (Phi) is 6.65. The molecule has 0 saturated heterocycles. The molecule has 0 spiro atoms. The number of aliphatic imine (C=N–C) groups is 2. The van der Waals surface area contributed by atoms with Gasteiger partial charge in [0.25, 0.3) is 0 Å². The Hall–Kier alpha value is -2.62. The fraction of sp³-hybridized carbons (Fsp3) is 0.417. The molecular formula is C24H32N2O2. The van der Waals surface area contributed by atoms with Crippen molar-refractivity contribution in [2.45, 2.75) is 52.4 Å². The van der Waals surface area contributed by atoms with Gasteiger partial charge in [-0.3, -0.25) is 9.98 Å². The maximum absolute atomic E-state index is 10.0. The molecule has 0 radical (unpaired) electrons. The molecule has 0 fully saturated rings. The van der Waals surface area contributed by atoms with Gasteiger partial charge in [0.1, 0.15) is 11.5 Å². The van der Waals surface area contributed by atoms with Gasteiger partial charge in [-0.1, -0.05) is 53.7 Å². The lowest BCUT2D eigenvalue weighted by atomic mass is 9.86. The van der Waals surface area contributed by atoms with E-state index in [4.69, 9.17) is 0 Å². The zero-order valence-corrected chi connectivity index (χ0v) is 17.8. The molecule has 0 heterocycles. The largest absolute Gasteiger partial charge is 0.507 e. The van der Waals surface area contributed by atoms with Crippen molar-refractivity contribution in [2.75, 3.05) is 13.1 Å². The SMILES string of the molecule is CC(C)(C)c1ccc(O)c(/C=N/CC/N=C/c2cc(C(C)(C)C)ccc2O)c1. The van der Waals surface area contributed by atoms with Gasteiger partial charge in [0.05, 0.1) is 13.1 Å². The first kappa shape index (κ1) is 21.7. The fourth-order valence-corrected chi connectivity index (χ4v) is 2.69. The second kappa shape index (κ2) is 8.59. The van der Waals surface area contributed by atoms with E-state index in [1.807, 2.05) is 24.3 Å². The normalized spacial score (nSPS) is 12.9. The van der Waals surface area contributed by atoms with Crippen LogP contribution in [0.15, 0.2) is 46.4 Å². The first-order valence-corrected chi connectivity index (χ1v) is 9.65. The molecule has 2 N–H and O–H groups in total. The van der Waals surface area contributed by atoms with Crippen LogP contribution in [-0.2, 0) is 10.8 Å². The van der Waals surface area contributed by atoms with Gasteiger partial charge in [0, 0.05) is 23.6 Å². The van der Waals surface area contributed by atoms with Gasteiger partial charge < -0.3 is 10.2 Å². The molecule has 0 aromatic heterocycles. The smallest absolute Gasteiger partial charge is 0.124 e. The first-order valence-electron chi connectivity index (χ1n) is 9.65. The predicted octanol–water partition coefficient (Wildman–Crippen LogP) is 5.23. The average Bonchev–Trinajstić information content (AvgIpc) is 2.58. The average molecular weight is 381 g/mol. The zero-order chi connectivity index (χ0) is 20.9. The Morgan fingerprint density at radius 1 is 0.679 bits per heavy atom. The summed E-state index contributed by atoms with van der Waals surface area (Å²) in [6.07, 6.45) is 3.38. The summed E-state index contributed by atoms with van der Waals surface area (Å²) in [7, 11) is 0. The van der Waals surface area contributed by atoms with Gasteiger partial charge in [-0.05, 0) is 46.2 Å². The van der Waals surface area contributed by atoms with Gasteiger partial charge in [-0.25, -0.2) is 0 Å². The molecule has 0 amide bonds. The number of hydrogen-bond acceptors (Lipinski definition) is 4. The molecule has 0 aliphatic carbocycles. The number of hydrogen-bond donors (Lipinski definition) is 2. The van der Waals surface area contributed by atoms with Gasteiger partial charge in [0.15, 0.2) is 0 Å². The highest BCUT2D eigenvalue weighted by molar-refractivity contribution is 5.84. The quantitative estimate of drug-likeness (QED) is 0.551. The van der Waals surface area contributed by atoms with Crippen LogP contribution < -0.4 is 0 Å². The minimum atomic E-state index is 0.0180. The first-order chi connectivity index (χ1) is 13.0.